The fraction of sp³-hybridized carbons (Fsp3) is 0.462. The molecule has 0 aliphatic heterocycles. The molecule has 0 aliphatic carbocycles. The molecule has 106 valence electrons. The molecule has 1 aromatic carbocycles. The maximum Gasteiger partial charge on any atom is 0.391 e. The molecule has 0 unspecified atom stereocenters. The highest BCUT2D eigenvalue weighted by Crippen LogP contribution is 2.42. The van der Waals surface area contributed by atoms with Gasteiger partial charge in [-0.3, -0.25) is 4.79 Å². The molecule has 2 N–H and O–H groups in total. The van der Waals surface area contributed by atoms with Crippen molar-refractivity contribution < 1.29 is 19.1 Å². The lowest BCUT2D eigenvalue weighted by Gasteiger charge is -2.28. The van der Waals surface area contributed by atoms with Crippen LogP contribution in [0.15, 0.2) is 12.1 Å². The Balaban J connectivity index is 3.35. The van der Waals surface area contributed by atoms with Gasteiger partial charge < -0.3 is 14.3 Å². The quantitative estimate of drug-likeness (QED) is 0.578. The number of aryl methyl sites for hydroxylation is 2. The van der Waals surface area contributed by atoms with Gasteiger partial charge in [0.05, 0.1) is 0 Å². The third kappa shape index (κ3) is 4.46. The van der Waals surface area contributed by atoms with E-state index in [2.05, 4.69) is 12.6 Å². The molecule has 6 heteroatoms. The minimum absolute atomic E-state index is 0.216. The van der Waals surface area contributed by atoms with Gasteiger partial charge in [0.2, 0.25) is 0 Å². The van der Waals surface area contributed by atoms with E-state index in [4.69, 9.17) is 14.3 Å². The molecular formula is C13H19O4PS. The summed E-state index contributed by atoms with van der Waals surface area (Å²) < 4.78 is 5.11. The summed E-state index contributed by atoms with van der Waals surface area (Å²) in [6.07, 6.45) is 0.241. The Morgan fingerprint density at radius 1 is 1.37 bits per heavy atom. The molecule has 0 radical (unpaired) electrons. The molecule has 0 amide bonds. The van der Waals surface area contributed by atoms with E-state index in [-0.39, 0.29) is 11.5 Å². The van der Waals surface area contributed by atoms with Crippen LogP contribution in [0.1, 0.15) is 37.0 Å². The van der Waals surface area contributed by atoms with Gasteiger partial charge in [0, 0.05) is 17.4 Å². The summed E-state index contributed by atoms with van der Waals surface area (Å²) >= 11 is 3.83. The maximum atomic E-state index is 11.3. The fourth-order valence-corrected chi connectivity index (χ4v) is 3.14. The molecule has 0 atom stereocenters. The molecule has 0 heterocycles. The number of hydrogen-bond donors (Lipinski definition) is 3. The van der Waals surface area contributed by atoms with E-state index in [0.717, 1.165) is 16.7 Å². The summed E-state index contributed by atoms with van der Waals surface area (Å²) in [7, 11) is -2.49. The smallest absolute Gasteiger partial charge is 0.391 e. The third-order valence-electron chi connectivity index (χ3n) is 2.89. The lowest BCUT2D eigenvalue weighted by molar-refractivity contribution is -0.111. The number of hydrogen-bond acceptors (Lipinski definition) is 4. The normalized spacial score (nSPS) is 11.8. The van der Waals surface area contributed by atoms with Gasteiger partial charge in [-0.15, -0.1) is 12.6 Å². The molecule has 0 spiro atoms. The van der Waals surface area contributed by atoms with Crippen LogP contribution in [0.4, 0.5) is 0 Å². The predicted molar refractivity (Wildman–Crippen MR) is 79.5 cm³/mol. The van der Waals surface area contributed by atoms with Crippen molar-refractivity contribution in [3.63, 3.8) is 0 Å². The second kappa shape index (κ2) is 6.23. The lowest BCUT2D eigenvalue weighted by Crippen LogP contribution is -2.22. The molecule has 0 saturated carbocycles. The van der Waals surface area contributed by atoms with E-state index in [0.29, 0.717) is 5.75 Å². The highest BCUT2D eigenvalue weighted by atomic mass is 32.1. The van der Waals surface area contributed by atoms with Crippen LogP contribution in [-0.2, 0) is 10.2 Å². The van der Waals surface area contributed by atoms with Gasteiger partial charge in [-0.2, -0.15) is 0 Å². The summed E-state index contributed by atoms with van der Waals surface area (Å²) in [4.78, 5) is 29.4. The zero-order valence-corrected chi connectivity index (χ0v) is 13.3. The van der Waals surface area contributed by atoms with Crippen LogP contribution in [0.3, 0.4) is 0 Å². The monoisotopic (exact) mass is 302 g/mol. The van der Waals surface area contributed by atoms with Crippen LogP contribution in [0.5, 0.6) is 5.75 Å². The van der Waals surface area contributed by atoms with Crippen molar-refractivity contribution in [3.8, 4) is 5.75 Å². The summed E-state index contributed by atoms with van der Waals surface area (Å²) in [5.41, 5.74) is 2.22. The Bertz CT molecular complexity index is 486. The first-order chi connectivity index (χ1) is 8.63. The molecule has 0 saturated heterocycles. The molecule has 0 fully saturated rings. The Morgan fingerprint density at radius 2 is 1.95 bits per heavy atom. The van der Waals surface area contributed by atoms with Gasteiger partial charge in [0.1, 0.15) is 5.75 Å². The van der Waals surface area contributed by atoms with Crippen LogP contribution in [0, 0.1) is 13.8 Å². The van der Waals surface area contributed by atoms with Crippen molar-refractivity contribution in [1.29, 1.82) is 0 Å². The summed E-state index contributed by atoms with van der Waals surface area (Å²) in [6, 6.07) is 3.72. The predicted octanol–water partition coefficient (Wildman–Crippen LogP) is 3.02. The van der Waals surface area contributed by atoms with Crippen LogP contribution >= 0.6 is 21.2 Å². The number of thiol groups is 1. The van der Waals surface area contributed by atoms with E-state index >= 15 is 0 Å². The zero-order valence-electron chi connectivity index (χ0n) is 11.5. The molecule has 1 rings (SSSR count). The van der Waals surface area contributed by atoms with Gasteiger partial charge in [-0.05, 0) is 31.0 Å². The largest absolute Gasteiger partial charge is 0.427 e. The van der Waals surface area contributed by atoms with Crippen molar-refractivity contribution in [2.24, 2.45) is 0 Å². The average molecular weight is 302 g/mol. The first kappa shape index (κ1) is 16.4. The zero-order chi connectivity index (χ0) is 14.8. The van der Waals surface area contributed by atoms with Gasteiger partial charge in [-0.25, -0.2) is 0 Å². The van der Waals surface area contributed by atoms with Gasteiger partial charge in [0.15, 0.2) is 5.12 Å². The van der Waals surface area contributed by atoms with Gasteiger partial charge in [0.25, 0.3) is 0 Å². The van der Waals surface area contributed by atoms with Crippen molar-refractivity contribution in [2.45, 2.75) is 39.5 Å². The molecule has 0 aliphatic rings. The Labute approximate surface area is 120 Å². The highest BCUT2D eigenvalue weighted by Gasteiger charge is 2.29. The SMILES string of the molecule is Cc1cc(C)c(C(C)(C)CC(=O)S)c(OP(O)O)c1. The van der Waals surface area contributed by atoms with Crippen LogP contribution in [0.2, 0.25) is 0 Å². The van der Waals surface area contributed by atoms with Crippen LogP contribution in [-0.4, -0.2) is 14.9 Å². The maximum absolute atomic E-state index is 11.3. The highest BCUT2D eigenvalue weighted by molar-refractivity contribution is 7.96. The van der Waals surface area contributed by atoms with Crippen LogP contribution < -0.4 is 4.52 Å². The molecule has 0 bridgehead atoms. The minimum atomic E-state index is -2.49. The molecule has 0 aromatic heterocycles. The summed E-state index contributed by atoms with van der Waals surface area (Å²) in [5, 5.41) is -0.216. The van der Waals surface area contributed by atoms with E-state index < -0.39 is 14.0 Å². The third-order valence-corrected chi connectivity index (χ3v) is 3.41. The van der Waals surface area contributed by atoms with Crippen molar-refractivity contribution in [3.05, 3.63) is 28.8 Å². The van der Waals surface area contributed by atoms with E-state index in [9.17, 15) is 4.79 Å². The van der Waals surface area contributed by atoms with Crippen molar-refractivity contribution in [2.75, 3.05) is 0 Å². The second-order valence-electron chi connectivity index (χ2n) is 5.25. The first-order valence-corrected chi connectivity index (χ1v) is 7.44. The number of benzene rings is 1. The number of carbonyl (C=O) groups excluding carboxylic acids is 1. The Hall–Kier alpha value is -0.610. The number of carbonyl (C=O) groups is 1. The molecule has 1 aromatic rings. The topological polar surface area (TPSA) is 66.8 Å². The second-order valence-corrected chi connectivity index (χ2v) is 6.44. The fourth-order valence-electron chi connectivity index (χ4n) is 2.42. The number of rotatable bonds is 5. The summed E-state index contributed by atoms with van der Waals surface area (Å²) in [6.45, 7) is 7.62. The van der Waals surface area contributed by atoms with Crippen molar-refractivity contribution >= 4 is 26.3 Å². The molecule has 19 heavy (non-hydrogen) atoms. The Morgan fingerprint density at radius 3 is 2.42 bits per heavy atom. The summed E-state index contributed by atoms with van der Waals surface area (Å²) in [5.74, 6) is 0.410. The van der Waals surface area contributed by atoms with Gasteiger partial charge in [-0.1, -0.05) is 19.9 Å². The Kier molecular flexibility index (Phi) is 5.39. The van der Waals surface area contributed by atoms with Crippen LogP contribution in [0.25, 0.3) is 0 Å². The standard InChI is InChI=1S/C13H19O4PS/c1-8-5-9(2)12(10(6-8)17-18(15)16)13(3,4)7-11(14)19/h5-6,15-16H,7H2,1-4H3,(H,14,19). The van der Waals surface area contributed by atoms with Gasteiger partial charge >= 0.3 is 8.60 Å². The lowest BCUT2D eigenvalue weighted by atomic mass is 9.78. The minimum Gasteiger partial charge on any atom is -0.427 e. The van der Waals surface area contributed by atoms with E-state index in [1.165, 1.54) is 0 Å². The van der Waals surface area contributed by atoms with Crippen molar-refractivity contribution in [1.82, 2.24) is 0 Å². The first-order valence-electron chi connectivity index (χ1n) is 5.83. The average Bonchev–Trinajstić information content (AvgIpc) is 2.10. The van der Waals surface area contributed by atoms with E-state index in [1.54, 1.807) is 6.07 Å². The van der Waals surface area contributed by atoms with E-state index in [1.807, 2.05) is 33.8 Å². The molecular weight excluding hydrogens is 283 g/mol. The molecule has 4 nitrogen and oxygen atoms in total.